The van der Waals surface area contributed by atoms with Crippen molar-refractivity contribution in [3.63, 3.8) is 0 Å². The highest BCUT2D eigenvalue weighted by Crippen LogP contribution is 2.45. The quantitative estimate of drug-likeness (QED) is 0.664. The van der Waals surface area contributed by atoms with Gasteiger partial charge >= 0.3 is 5.97 Å². The third kappa shape index (κ3) is 2.28. The van der Waals surface area contributed by atoms with Crippen LogP contribution in [0.4, 0.5) is 5.69 Å². The van der Waals surface area contributed by atoms with Crippen LogP contribution in [0.3, 0.4) is 0 Å². The number of carboxylic acids is 1. The van der Waals surface area contributed by atoms with Crippen molar-refractivity contribution in [1.29, 1.82) is 0 Å². The van der Waals surface area contributed by atoms with Crippen LogP contribution in [0.15, 0.2) is 30.4 Å². The number of allylic oxidation sites excluding steroid dienone is 2. The summed E-state index contributed by atoms with van der Waals surface area (Å²) in [5.41, 5.74) is 1.84. The van der Waals surface area contributed by atoms with E-state index in [9.17, 15) is 14.7 Å². The molecule has 0 amide bonds. The van der Waals surface area contributed by atoms with Crippen molar-refractivity contribution in [3.8, 4) is 0 Å². The normalized spacial score (nSPS) is 25.7. The standard InChI is InChI=1S/C16H17NO4/c1-2-21-16(20)14-11-5-3-4-10(11)12-8-9(15(18)19)6-7-13(12)17-14/h3-4,6-8,10-11,14,17H,2,5H2,1H3,(H,18,19)/p-1/t10-,11-,14+/m1/s1. The van der Waals surface area contributed by atoms with Crippen molar-refractivity contribution in [2.75, 3.05) is 11.9 Å². The van der Waals surface area contributed by atoms with E-state index in [1.54, 1.807) is 19.1 Å². The average Bonchev–Trinajstić information content (AvgIpc) is 2.95. The Morgan fingerprint density at radius 1 is 1.43 bits per heavy atom. The minimum atomic E-state index is -1.19. The van der Waals surface area contributed by atoms with Crippen LogP contribution in [0, 0.1) is 5.92 Å². The summed E-state index contributed by atoms with van der Waals surface area (Å²) in [6.45, 7) is 2.13. The Morgan fingerprint density at radius 2 is 2.24 bits per heavy atom. The molecule has 1 aliphatic carbocycles. The molecule has 110 valence electrons. The minimum absolute atomic E-state index is 0.0370. The van der Waals surface area contributed by atoms with E-state index in [4.69, 9.17) is 4.74 Å². The van der Waals surface area contributed by atoms with Crippen LogP contribution in [0.1, 0.15) is 35.2 Å². The van der Waals surface area contributed by atoms with E-state index in [-0.39, 0.29) is 23.4 Å². The fraction of sp³-hybridized carbons (Fsp3) is 0.375. The number of ether oxygens (including phenoxy) is 1. The number of rotatable bonds is 3. The lowest BCUT2D eigenvalue weighted by molar-refractivity contribution is -0.255. The van der Waals surface area contributed by atoms with Crippen molar-refractivity contribution in [1.82, 2.24) is 0 Å². The van der Waals surface area contributed by atoms with Crippen LogP contribution >= 0.6 is 0 Å². The van der Waals surface area contributed by atoms with Crippen LogP contribution < -0.4 is 10.4 Å². The highest BCUT2D eigenvalue weighted by atomic mass is 16.5. The van der Waals surface area contributed by atoms with Gasteiger partial charge in [-0.25, -0.2) is 4.79 Å². The first-order valence-corrected chi connectivity index (χ1v) is 7.07. The summed E-state index contributed by atoms with van der Waals surface area (Å²) in [5.74, 6) is -1.35. The van der Waals surface area contributed by atoms with Crippen molar-refractivity contribution in [3.05, 3.63) is 41.5 Å². The zero-order chi connectivity index (χ0) is 15.0. The maximum absolute atomic E-state index is 12.1. The first-order chi connectivity index (χ1) is 10.1. The molecule has 1 aromatic carbocycles. The molecular weight excluding hydrogens is 270 g/mol. The fourth-order valence-corrected chi connectivity index (χ4v) is 3.19. The van der Waals surface area contributed by atoms with Gasteiger partial charge < -0.3 is 20.0 Å². The summed E-state index contributed by atoms with van der Waals surface area (Å²) >= 11 is 0. The lowest BCUT2D eigenvalue weighted by Gasteiger charge is -2.35. The van der Waals surface area contributed by atoms with E-state index < -0.39 is 12.0 Å². The number of nitrogens with one attached hydrogen (secondary N) is 1. The maximum Gasteiger partial charge on any atom is 0.328 e. The predicted molar refractivity (Wildman–Crippen MR) is 74.8 cm³/mol. The fourth-order valence-electron chi connectivity index (χ4n) is 3.19. The van der Waals surface area contributed by atoms with E-state index in [0.717, 1.165) is 17.7 Å². The number of carbonyl (C=O) groups is 2. The molecule has 1 heterocycles. The van der Waals surface area contributed by atoms with Gasteiger partial charge in [0.15, 0.2) is 0 Å². The van der Waals surface area contributed by atoms with Crippen molar-refractivity contribution < 1.29 is 19.4 Å². The van der Waals surface area contributed by atoms with Crippen molar-refractivity contribution >= 4 is 17.6 Å². The number of esters is 1. The summed E-state index contributed by atoms with van der Waals surface area (Å²) < 4.78 is 5.13. The number of hydrogen-bond donors (Lipinski definition) is 1. The van der Waals surface area contributed by atoms with Gasteiger partial charge in [-0.2, -0.15) is 0 Å². The van der Waals surface area contributed by atoms with Gasteiger partial charge in [-0.1, -0.05) is 18.2 Å². The second-order valence-corrected chi connectivity index (χ2v) is 5.32. The molecule has 0 aromatic heterocycles. The van der Waals surface area contributed by atoms with Crippen molar-refractivity contribution in [2.24, 2.45) is 5.92 Å². The molecular formula is C16H16NO4-. The summed E-state index contributed by atoms with van der Waals surface area (Å²) in [4.78, 5) is 23.1. The van der Waals surface area contributed by atoms with Crippen LogP contribution in [0.5, 0.6) is 0 Å². The number of hydrogen-bond acceptors (Lipinski definition) is 5. The van der Waals surface area contributed by atoms with E-state index in [2.05, 4.69) is 5.32 Å². The Bertz CT molecular complexity index is 623. The van der Waals surface area contributed by atoms with Gasteiger partial charge in [-0.3, -0.25) is 0 Å². The van der Waals surface area contributed by atoms with E-state index >= 15 is 0 Å². The number of benzene rings is 1. The molecule has 3 atom stereocenters. The van der Waals surface area contributed by atoms with Gasteiger partial charge in [0.05, 0.1) is 12.6 Å². The Labute approximate surface area is 122 Å². The lowest BCUT2D eigenvalue weighted by atomic mass is 9.79. The molecule has 5 nitrogen and oxygen atoms in total. The number of carboxylic acid groups (broad SMARTS) is 1. The molecule has 0 saturated heterocycles. The first-order valence-electron chi connectivity index (χ1n) is 7.07. The number of carbonyl (C=O) groups excluding carboxylic acids is 2. The summed E-state index contributed by atoms with van der Waals surface area (Å²) in [6, 6.07) is 4.41. The van der Waals surface area contributed by atoms with E-state index in [1.165, 1.54) is 6.07 Å². The Hall–Kier alpha value is -2.30. The maximum atomic E-state index is 12.1. The summed E-state index contributed by atoms with van der Waals surface area (Å²) in [6.07, 6.45) is 4.84. The molecule has 0 saturated carbocycles. The number of fused-ring (bicyclic) bond motifs is 3. The topological polar surface area (TPSA) is 78.5 Å². The Kier molecular flexibility index (Phi) is 3.41. The van der Waals surface area contributed by atoms with Crippen LogP contribution in [-0.2, 0) is 9.53 Å². The van der Waals surface area contributed by atoms with Gasteiger partial charge in [0, 0.05) is 17.5 Å². The van der Waals surface area contributed by atoms with Crippen LogP contribution in [0.2, 0.25) is 0 Å². The molecule has 1 aromatic rings. The van der Waals surface area contributed by atoms with Crippen LogP contribution in [0.25, 0.3) is 0 Å². The number of anilines is 1. The van der Waals surface area contributed by atoms with E-state index in [1.807, 2.05) is 12.2 Å². The monoisotopic (exact) mass is 286 g/mol. The Balaban J connectivity index is 1.98. The second-order valence-electron chi connectivity index (χ2n) is 5.32. The van der Waals surface area contributed by atoms with Gasteiger partial charge in [-0.05, 0) is 36.6 Å². The SMILES string of the molecule is CCOC(=O)[C@H]1Nc2ccc(C(=O)[O-])cc2[C@@H]2C=CC[C@@H]12. The molecule has 0 spiro atoms. The molecule has 21 heavy (non-hydrogen) atoms. The summed E-state index contributed by atoms with van der Waals surface area (Å²) in [7, 11) is 0. The average molecular weight is 286 g/mol. The highest BCUT2D eigenvalue weighted by Gasteiger charge is 2.41. The van der Waals surface area contributed by atoms with Gasteiger partial charge in [0.25, 0.3) is 0 Å². The smallest absolute Gasteiger partial charge is 0.328 e. The van der Waals surface area contributed by atoms with Gasteiger partial charge in [0.2, 0.25) is 0 Å². The highest BCUT2D eigenvalue weighted by molar-refractivity contribution is 5.88. The molecule has 0 radical (unpaired) electrons. The molecule has 0 unspecified atom stereocenters. The van der Waals surface area contributed by atoms with Crippen LogP contribution in [-0.4, -0.2) is 24.6 Å². The third-order valence-corrected chi connectivity index (χ3v) is 4.14. The van der Waals surface area contributed by atoms with Gasteiger partial charge in [0.1, 0.15) is 6.04 Å². The van der Waals surface area contributed by atoms with E-state index in [0.29, 0.717) is 6.61 Å². The molecule has 2 aliphatic rings. The largest absolute Gasteiger partial charge is 0.545 e. The lowest BCUT2D eigenvalue weighted by Crippen LogP contribution is -2.43. The zero-order valence-electron chi connectivity index (χ0n) is 11.7. The van der Waals surface area contributed by atoms with Crippen molar-refractivity contribution in [2.45, 2.75) is 25.3 Å². The third-order valence-electron chi connectivity index (χ3n) is 4.14. The minimum Gasteiger partial charge on any atom is -0.545 e. The molecule has 0 bridgehead atoms. The Morgan fingerprint density at radius 3 is 2.95 bits per heavy atom. The molecule has 1 N–H and O–H groups in total. The molecule has 1 aliphatic heterocycles. The predicted octanol–water partition coefficient (Wildman–Crippen LogP) is 1.07. The molecule has 0 fully saturated rings. The van der Waals surface area contributed by atoms with Gasteiger partial charge in [-0.15, -0.1) is 0 Å². The second kappa shape index (κ2) is 5.24. The first kappa shape index (κ1) is 13.7. The number of aromatic carboxylic acids is 1. The summed E-state index contributed by atoms with van der Waals surface area (Å²) in [5, 5.41) is 14.2. The molecule has 3 rings (SSSR count). The zero-order valence-corrected chi connectivity index (χ0v) is 11.7. The molecule has 5 heteroatoms.